The van der Waals surface area contributed by atoms with Crippen molar-refractivity contribution < 1.29 is 10.2 Å². The molecule has 2 aromatic heterocycles. The summed E-state index contributed by atoms with van der Waals surface area (Å²) in [7, 11) is 0. The maximum absolute atomic E-state index is 12.2. The third-order valence-electron chi connectivity index (χ3n) is 3.94. The number of aryl methyl sites for hydroxylation is 2. The average Bonchev–Trinajstić information content (AvgIpc) is 2.53. The third-order valence-corrected chi connectivity index (χ3v) is 3.94. The van der Waals surface area contributed by atoms with Crippen molar-refractivity contribution in [2.75, 3.05) is 0 Å². The van der Waals surface area contributed by atoms with Gasteiger partial charge in [-0.15, -0.1) is 0 Å². The zero-order valence-corrected chi connectivity index (χ0v) is 13.8. The Morgan fingerprint density at radius 3 is 1.56 bits per heavy atom. The molecule has 2 heterocycles. The van der Waals surface area contributed by atoms with Crippen LogP contribution in [0.2, 0.25) is 0 Å². The molecule has 0 fully saturated rings. The molecule has 0 bridgehead atoms. The Morgan fingerprint density at radius 2 is 1.24 bits per heavy atom. The smallest absolute Gasteiger partial charge is 0.271 e. The lowest BCUT2D eigenvalue weighted by atomic mass is 10.1. The molecule has 0 saturated carbocycles. The summed E-state index contributed by atoms with van der Waals surface area (Å²) in [4.78, 5) is 24.4. The van der Waals surface area contributed by atoms with E-state index in [1.54, 1.807) is 26.0 Å². The fourth-order valence-electron chi connectivity index (χ4n) is 2.59. The molecule has 2 rings (SSSR count). The van der Waals surface area contributed by atoms with Crippen molar-refractivity contribution in [3.8, 4) is 23.9 Å². The van der Waals surface area contributed by atoms with E-state index in [0.29, 0.717) is 11.1 Å². The van der Waals surface area contributed by atoms with Crippen LogP contribution < -0.4 is 11.1 Å². The monoisotopic (exact) mass is 340 g/mol. The average molecular weight is 340 g/mol. The first kappa shape index (κ1) is 17.8. The van der Waals surface area contributed by atoms with Crippen LogP contribution in [-0.2, 0) is 13.1 Å². The van der Waals surface area contributed by atoms with Gasteiger partial charge in [0.15, 0.2) is 11.8 Å². The third kappa shape index (κ3) is 3.24. The van der Waals surface area contributed by atoms with E-state index in [4.69, 9.17) is 10.5 Å². The van der Waals surface area contributed by atoms with Gasteiger partial charge in [-0.3, -0.25) is 18.7 Å². The minimum atomic E-state index is -0.613. The first-order chi connectivity index (χ1) is 11.8. The Balaban J connectivity index is 2.30. The highest BCUT2D eigenvalue weighted by Gasteiger charge is 2.14. The van der Waals surface area contributed by atoms with Gasteiger partial charge in [-0.25, -0.2) is 0 Å². The van der Waals surface area contributed by atoms with Gasteiger partial charge < -0.3 is 10.2 Å². The van der Waals surface area contributed by atoms with Crippen molar-refractivity contribution in [3.05, 3.63) is 55.1 Å². The van der Waals surface area contributed by atoms with E-state index in [1.165, 1.54) is 12.1 Å². The number of aromatic nitrogens is 2. The van der Waals surface area contributed by atoms with E-state index < -0.39 is 11.1 Å². The number of hydrogen-bond donors (Lipinski definition) is 2. The molecule has 2 aromatic rings. The van der Waals surface area contributed by atoms with Gasteiger partial charge in [0.05, 0.1) is 0 Å². The van der Waals surface area contributed by atoms with Crippen LogP contribution in [0.4, 0.5) is 0 Å². The van der Waals surface area contributed by atoms with Crippen LogP contribution in [0.25, 0.3) is 0 Å². The van der Waals surface area contributed by atoms with Crippen molar-refractivity contribution >= 4 is 0 Å². The van der Waals surface area contributed by atoms with E-state index >= 15 is 0 Å². The van der Waals surface area contributed by atoms with Crippen molar-refractivity contribution in [1.82, 2.24) is 9.13 Å². The second-order valence-electron chi connectivity index (χ2n) is 5.61. The van der Waals surface area contributed by atoms with Gasteiger partial charge >= 0.3 is 0 Å². The van der Waals surface area contributed by atoms with Crippen LogP contribution in [0.5, 0.6) is 11.8 Å². The van der Waals surface area contributed by atoms with Crippen molar-refractivity contribution in [3.63, 3.8) is 0 Å². The van der Waals surface area contributed by atoms with Gasteiger partial charge in [0.25, 0.3) is 11.1 Å². The highest BCUT2D eigenvalue weighted by molar-refractivity contribution is 5.38. The lowest BCUT2D eigenvalue weighted by Gasteiger charge is -2.13. The molecule has 0 spiro atoms. The lowest BCUT2D eigenvalue weighted by molar-refractivity contribution is 0.378. The molecule has 128 valence electrons. The number of aromatic hydroxyl groups is 2. The van der Waals surface area contributed by atoms with Gasteiger partial charge in [-0.2, -0.15) is 10.5 Å². The molecule has 0 aromatic carbocycles. The van der Waals surface area contributed by atoms with Gasteiger partial charge in [-0.1, -0.05) is 0 Å². The Hall–Kier alpha value is -3.52. The van der Waals surface area contributed by atoms with E-state index in [9.17, 15) is 19.8 Å². The van der Waals surface area contributed by atoms with Crippen molar-refractivity contribution in [1.29, 1.82) is 10.5 Å². The molecule has 0 unspecified atom stereocenters. The van der Waals surface area contributed by atoms with Crippen LogP contribution in [0.1, 0.15) is 28.7 Å². The molecule has 0 aliphatic carbocycles. The van der Waals surface area contributed by atoms with Crippen LogP contribution in [0.15, 0.2) is 21.7 Å². The summed E-state index contributed by atoms with van der Waals surface area (Å²) in [6.45, 7) is 3.19. The minimum absolute atomic E-state index is 0.0429. The molecule has 8 nitrogen and oxygen atoms in total. The maximum atomic E-state index is 12.2. The van der Waals surface area contributed by atoms with Crippen molar-refractivity contribution in [2.45, 2.75) is 33.4 Å². The fourth-order valence-corrected chi connectivity index (χ4v) is 2.59. The summed E-state index contributed by atoms with van der Waals surface area (Å²) in [5.41, 5.74) is -0.573. The quantitative estimate of drug-likeness (QED) is 0.849. The summed E-state index contributed by atoms with van der Waals surface area (Å²) in [6, 6.07) is 6.25. The van der Waals surface area contributed by atoms with Crippen LogP contribution in [0, 0.1) is 36.5 Å². The molecule has 0 aliphatic heterocycles. The summed E-state index contributed by atoms with van der Waals surface area (Å²) >= 11 is 0. The summed E-state index contributed by atoms with van der Waals surface area (Å²) in [6.07, 6.45) is 0.225. The molecule has 0 radical (unpaired) electrons. The van der Waals surface area contributed by atoms with Gasteiger partial charge in [-0.05, 0) is 31.4 Å². The van der Waals surface area contributed by atoms with E-state index in [-0.39, 0.29) is 42.4 Å². The molecule has 2 N–H and O–H groups in total. The minimum Gasteiger partial charge on any atom is -0.494 e. The van der Waals surface area contributed by atoms with E-state index in [1.807, 2.05) is 0 Å². The van der Waals surface area contributed by atoms with Gasteiger partial charge in [0, 0.05) is 25.2 Å². The highest BCUT2D eigenvalue weighted by atomic mass is 16.3. The molecule has 8 heteroatoms. The maximum Gasteiger partial charge on any atom is 0.271 e. The molecular formula is C17H16N4O4. The normalized spacial score (nSPS) is 10.2. The fraction of sp³-hybridized carbons (Fsp3) is 0.294. The molecule has 0 atom stereocenters. The summed E-state index contributed by atoms with van der Waals surface area (Å²) < 4.78 is 2.07. The largest absolute Gasteiger partial charge is 0.494 e. The number of rotatable bonds is 4. The summed E-state index contributed by atoms with van der Waals surface area (Å²) in [5.74, 6) is -0.556. The molecule has 0 amide bonds. The SMILES string of the molecule is Cc1cc(O)n(CCCn2c(O)cc(C)c(C#N)c2=O)c(=O)c1C#N. The van der Waals surface area contributed by atoms with Crippen molar-refractivity contribution in [2.24, 2.45) is 0 Å². The molecule has 0 aliphatic rings. The molecule has 25 heavy (non-hydrogen) atoms. The Kier molecular flexibility index (Phi) is 4.94. The predicted octanol–water partition coefficient (Wildman–Crippen LogP) is 0.872. The zero-order chi connectivity index (χ0) is 18.7. The molecular weight excluding hydrogens is 324 g/mol. The zero-order valence-electron chi connectivity index (χ0n) is 13.8. The first-order valence-corrected chi connectivity index (χ1v) is 7.48. The Morgan fingerprint density at radius 1 is 0.880 bits per heavy atom. The number of nitrogens with zero attached hydrogens (tertiary/aromatic N) is 4. The predicted molar refractivity (Wildman–Crippen MR) is 88.3 cm³/mol. The standard InChI is InChI=1S/C17H16N4O4/c1-10-6-14(22)20(16(24)12(10)8-18)4-3-5-21-15(23)7-11(2)13(9-19)17(21)25/h6-7,22-23H,3-5H2,1-2H3. The molecule has 0 saturated heterocycles. The topological polar surface area (TPSA) is 132 Å². The first-order valence-electron chi connectivity index (χ1n) is 7.48. The van der Waals surface area contributed by atoms with E-state index in [0.717, 1.165) is 9.13 Å². The second kappa shape index (κ2) is 6.93. The summed E-state index contributed by atoms with van der Waals surface area (Å²) in [5, 5.41) is 37.9. The number of hydrogen-bond acceptors (Lipinski definition) is 6. The Bertz CT molecular complexity index is 952. The Labute approximate surface area is 143 Å². The van der Waals surface area contributed by atoms with Crippen LogP contribution >= 0.6 is 0 Å². The van der Waals surface area contributed by atoms with E-state index in [2.05, 4.69) is 0 Å². The number of nitriles is 2. The van der Waals surface area contributed by atoms with Crippen LogP contribution in [-0.4, -0.2) is 19.3 Å². The second-order valence-corrected chi connectivity index (χ2v) is 5.61. The van der Waals surface area contributed by atoms with Gasteiger partial charge in [0.1, 0.15) is 23.3 Å². The number of pyridine rings is 2. The van der Waals surface area contributed by atoms with Gasteiger partial charge in [0.2, 0.25) is 0 Å². The lowest BCUT2D eigenvalue weighted by Crippen LogP contribution is -2.27. The highest BCUT2D eigenvalue weighted by Crippen LogP contribution is 2.15. The van der Waals surface area contributed by atoms with Crippen LogP contribution in [0.3, 0.4) is 0 Å².